The maximum atomic E-state index is 11.9. The van der Waals surface area contributed by atoms with E-state index in [0.29, 0.717) is 13.2 Å². The summed E-state index contributed by atoms with van der Waals surface area (Å²) in [4.78, 5) is 0. The molecule has 1 unspecified atom stereocenters. The van der Waals surface area contributed by atoms with Crippen LogP contribution >= 0.6 is 0 Å². The lowest BCUT2D eigenvalue weighted by atomic mass is 10.1. The van der Waals surface area contributed by atoms with E-state index < -0.39 is 11.0 Å². The molecule has 0 bridgehead atoms. The van der Waals surface area contributed by atoms with Crippen LogP contribution in [0.2, 0.25) is 0 Å². The van der Waals surface area contributed by atoms with E-state index in [4.69, 9.17) is 9.47 Å². The Balaban J connectivity index is 1.89. The average Bonchev–Trinajstić information content (AvgIpc) is 2.67. The van der Waals surface area contributed by atoms with Crippen molar-refractivity contribution >= 4 is 11.0 Å². The molecule has 15 heavy (non-hydrogen) atoms. The highest BCUT2D eigenvalue weighted by atomic mass is 32.2. The second-order valence-electron chi connectivity index (χ2n) is 4.36. The number of nitrogens with zero attached hydrogens (tertiary/aromatic N) is 1. The third kappa shape index (κ3) is 2.41. The fourth-order valence-electron chi connectivity index (χ4n) is 2.09. The van der Waals surface area contributed by atoms with Crippen LogP contribution in [0.15, 0.2) is 0 Å². The van der Waals surface area contributed by atoms with Crippen LogP contribution in [-0.4, -0.2) is 45.9 Å². The number of hydrogen-bond donors (Lipinski definition) is 0. The quantitative estimate of drug-likeness (QED) is 0.711. The normalized spacial score (nSPS) is 28.7. The zero-order valence-electron chi connectivity index (χ0n) is 9.40. The van der Waals surface area contributed by atoms with Gasteiger partial charge >= 0.3 is 0 Å². The maximum Gasteiger partial charge on any atom is 0.171 e. The summed E-state index contributed by atoms with van der Waals surface area (Å²) >= 11 is 0. The Morgan fingerprint density at radius 3 is 2.20 bits per heavy atom. The topological polar surface area (TPSA) is 38.8 Å². The number of hydrogen-bond acceptors (Lipinski definition) is 3. The molecule has 1 atom stereocenters. The second kappa shape index (κ2) is 4.49. The van der Waals surface area contributed by atoms with Crippen molar-refractivity contribution in [1.82, 2.24) is 4.31 Å². The molecule has 0 aliphatic carbocycles. The molecular weight excluding hydrogens is 214 g/mol. The zero-order chi connectivity index (χ0) is 10.9. The van der Waals surface area contributed by atoms with Gasteiger partial charge in [0.05, 0.1) is 24.2 Å². The molecule has 0 radical (unpaired) electrons. The molecule has 1 spiro atoms. The van der Waals surface area contributed by atoms with Crippen molar-refractivity contribution in [3.05, 3.63) is 0 Å². The number of piperidine rings is 1. The largest absolute Gasteiger partial charge is 0.347 e. The van der Waals surface area contributed by atoms with Gasteiger partial charge < -0.3 is 9.47 Å². The molecule has 0 N–H and O–H groups in total. The standard InChI is InChI=1S/C10H19NO3S/c1-9(2)15(12)11-5-3-10(4-6-11)13-7-8-14-10/h9H,3-8H2,1-2H3. The molecule has 5 heteroatoms. The Hall–Kier alpha value is 0.0300. The molecule has 2 aliphatic rings. The van der Waals surface area contributed by atoms with E-state index in [1.165, 1.54) is 0 Å². The van der Waals surface area contributed by atoms with Gasteiger partial charge in [-0.3, -0.25) is 0 Å². The van der Waals surface area contributed by atoms with E-state index in [0.717, 1.165) is 25.9 Å². The molecule has 2 fully saturated rings. The Bertz CT molecular complexity index is 241. The molecule has 88 valence electrons. The highest BCUT2D eigenvalue weighted by Crippen LogP contribution is 2.31. The van der Waals surface area contributed by atoms with Gasteiger partial charge in [0.2, 0.25) is 0 Å². The first-order chi connectivity index (χ1) is 7.13. The van der Waals surface area contributed by atoms with E-state index in [2.05, 4.69) is 0 Å². The van der Waals surface area contributed by atoms with Crippen molar-refractivity contribution in [2.45, 2.75) is 37.7 Å². The molecule has 0 aromatic heterocycles. The summed E-state index contributed by atoms with van der Waals surface area (Å²) in [6.07, 6.45) is 1.68. The molecular formula is C10H19NO3S. The summed E-state index contributed by atoms with van der Waals surface area (Å²) in [5.41, 5.74) is 0. The fourth-order valence-corrected chi connectivity index (χ4v) is 3.23. The predicted octanol–water partition coefficient (Wildman–Crippen LogP) is 0.897. The summed E-state index contributed by atoms with van der Waals surface area (Å²) in [6, 6.07) is 0. The van der Waals surface area contributed by atoms with Crippen molar-refractivity contribution < 1.29 is 13.7 Å². The van der Waals surface area contributed by atoms with Gasteiger partial charge in [0.15, 0.2) is 5.79 Å². The van der Waals surface area contributed by atoms with Crippen LogP contribution in [0.1, 0.15) is 26.7 Å². The first kappa shape index (κ1) is 11.5. The highest BCUT2D eigenvalue weighted by molar-refractivity contribution is 7.83. The Morgan fingerprint density at radius 1 is 1.20 bits per heavy atom. The third-order valence-corrected chi connectivity index (χ3v) is 4.64. The monoisotopic (exact) mass is 233 g/mol. The molecule has 0 aromatic rings. The van der Waals surface area contributed by atoms with Crippen LogP contribution in [0.5, 0.6) is 0 Å². The Kier molecular flexibility index (Phi) is 3.45. The van der Waals surface area contributed by atoms with Crippen LogP contribution in [0, 0.1) is 0 Å². The van der Waals surface area contributed by atoms with Crippen molar-refractivity contribution in [3.8, 4) is 0 Å². The molecule has 0 aromatic carbocycles. The predicted molar refractivity (Wildman–Crippen MR) is 58.7 cm³/mol. The molecule has 4 nitrogen and oxygen atoms in total. The first-order valence-corrected chi connectivity index (χ1v) is 6.73. The van der Waals surface area contributed by atoms with Crippen molar-refractivity contribution in [2.24, 2.45) is 0 Å². The third-order valence-electron chi connectivity index (χ3n) is 2.96. The lowest BCUT2D eigenvalue weighted by Crippen LogP contribution is -2.46. The second-order valence-corrected chi connectivity index (χ2v) is 6.37. The van der Waals surface area contributed by atoms with Crippen LogP contribution in [0.4, 0.5) is 0 Å². The molecule has 2 rings (SSSR count). The summed E-state index contributed by atoms with van der Waals surface area (Å²) in [5.74, 6) is -0.350. The molecule has 2 heterocycles. The van der Waals surface area contributed by atoms with Crippen LogP contribution in [-0.2, 0) is 20.5 Å². The van der Waals surface area contributed by atoms with Gasteiger partial charge in [-0.05, 0) is 13.8 Å². The van der Waals surface area contributed by atoms with Gasteiger partial charge in [0, 0.05) is 31.2 Å². The van der Waals surface area contributed by atoms with Gasteiger partial charge in [-0.15, -0.1) is 0 Å². The van der Waals surface area contributed by atoms with E-state index in [-0.39, 0.29) is 11.0 Å². The molecule has 2 aliphatic heterocycles. The lowest BCUT2D eigenvalue weighted by molar-refractivity contribution is -0.179. The summed E-state index contributed by atoms with van der Waals surface area (Å²) in [7, 11) is -0.853. The van der Waals surface area contributed by atoms with Crippen molar-refractivity contribution in [2.75, 3.05) is 26.3 Å². The van der Waals surface area contributed by atoms with E-state index in [9.17, 15) is 4.21 Å². The van der Waals surface area contributed by atoms with Crippen LogP contribution < -0.4 is 0 Å². The number of ether oxygens (including phenoxy) is 2. The van der Waals surface area contributed by atoms with Crippen LogP contribution in [0.25, 0.3) is 0 Å². The van der Waals surface area contributed by atoms with Gasteiger partial charge in [-0.25, -0.2) is 8.51 Å². The molecule has 2 saturated heterocycles. The average molecular weight is 233 g/mol. The van der Waals surface area contributed by atoms with Crippen LogP contribution in [0.3, 0.4) is 0 Å². The zero-order valence-corrected chi connectivity index (χ0v) is 10.2. The van der Waals surface area contributed by atoms with Gasteiger partial charge in [-0.2, -0.15) is 0 Å². The van der Waals surface area contributed by atoms with E-state index in [1.807, 2.05) is 18.2 Å². The fraction of sp³-hybridized carbons (Fsp3) is 1.00. The lowest BCUT2D eigenvalue weighted by Gasteiger charge is -2.37. The van der Waals surface area contributed by atoms with E-state index >= 15 is 0 Å². The first-order valence-electron chi connectivity index (χ1n) is 5.56. The van der Waals surface area contributed by atoms with Gasteiger partial charge in [-0.1, -0.05) is 0 Å². The summed E-state index contributed by atoms with van der Waals surface area (Å²) in [5, 5.41) is 0.199. The summed E-state index contributed by atoms with van der Waals surface area (Å²) < 4.78 is 25.1. The van der Waals surface area contributed by atoms with Gasteiger partial charge in [0.25, 0.3) is 0 Å². The Labute approximate surface area is 93.5 Å². The number of rotatable bonds is 2. The van der Waals surface area contributed by atoms with Crippen molar-refractivity contribution in [1.29, 1.82) is 0 Å². The SMILES string of the molecule is CC(C)S(=O)N1CCC2(CC1)OCCO2. The van der Waals surface area contributed by atoms with Crippen molar-refractivity contribution in [3.63, 3.8) is 0 Å². The Morgan fingerprint density at radius 2 is 1.73 bits per heavy atom. The summed E-state index contributed by atoms with van der Waals surface area (Å²) in [6.45, 7) is 7.00. The molecule has 0 amide bonds. The minimum atomic E-state index is -0.853. The minimum absolute atomic E-state index is 0.199. The maximum absolute atomic E-state index is 11.9. The van der Waals surface area contributed by atoms with E-state index in [1.54, 1.807) is 0 Å². The minimum Gasteiger partial charge on any atom is -0.347 e. The molecule has 0 saturated carbocycles. The smallest absolute Gasteiger partial charge is 0.171 e. The van der Waals surface area contributed by atoms with Gasteiger partial charge in [0.1, 0.15) is 0 Å². The highest BCUT2D eigenvalue weighted by Gasteiger charge is 2.40.